The molecule has 98 valence electrons. The fraction of sp³-hybridized carbons (Fsp3) is 0. The average Bonchev–Trinajstić information content (AvgIpc) is 2.46. The van der Waals surface area contributed by atoms with Gasteiger partial charge in [-0.15, -0.1) is 5.10 Å². The summed E-state index contributed by atoms with van der Waals surface area (Å²) in [5.74, 6) is 0.0937. The Morgan fingerprint density at radius 2 is 1.95 bits per heavy atom. The number of carbonyl (C=O) groups is 2. The van der Waals surface area contributed by atoms with Crippen molar-refractivity contribution < 1.29 is 9.59 Å². The van der Waals surface area contributed by atoms with Gasteiger partial charge in [-0.2, -0.15) is 5.10 Å². The van der Waals surface area contributed by atoms with Gasteiger partial charge < -0.3 is 11.1 Å². The van der Waals surface area contributed by atoms with Crippen LogP contribution in [0.3, 0.4) is 0 Å². The minimum atomic E-state index is -0.456. The zero-order valence-electron chi connectivity index (χ0n) is 10.2. The van der Waals surface area contributed by atoms with Gasteiger partial charge in [0.1, 0.15) is 11.5 Å². The average molecular weight is 267 g/mol. The highest BCUT2D eigenvalue weighted by molar-refractivity contribution is 6.23. The molecule has 0 radical (unpaired) electrons. The van der Waals surface area contributed by atoms with Gasteiger partial charge in [-0.3, -0.25) is 9.59 Å². The van der Waals surface area contributed by atoms with Crippen molar-refractivity contribution in [1.29, 1.82) is 0 Å². The molecule has 2 aromatic rings. The van der Waals surface area contributed by atoms with Crippen molar-refractivity contribution in [3.8, 4) is 0 Å². The molecule has 0 unspecified atom stereocenters. The van der Waals surface area contributed by atoms with E-state index >= 15 is 0 Å². The number of nitrogens with zero attached hydrogens (tertiary/aromatic N) is 3. The number of allylic oxidation sites excluding steroid dienone is 2. The van der Waals surface area contributed by atoms with Crippen LogP contribution in [0, 0.1) is 0 Å². The van der Waals surface area contributed by atoms with Crippen LogP contribution in [0.25, 0.3) is 0 Å². The lowest BCUT2D eigenvalue weighted by atomic mass is 9.98. The quantitative estimate of drug-likeness (QED) is 0.829. The predicted octanol–water partition coefficient (Wildman–Crippen LogP) is 0.837. The third-order valence-electron chi connectivity index (χ3n) is 2.75. The van der Waals surface area contributed by atoms with Crippen LogP contribution in [0.15, 0.2) is 42.2 Å². The number of nitrogens with two attached hydrogens (primary N) is 1. The van der Waals surface area contributed by atoms with Crippen molar-refractivity contribution in [2.75, 3.05) is 5.32 Å². The van der Waals surface area contributed by atoms with E-state index in [1.54, 1.807) is 24.4 Å². The van der Waals surface area contributed by atoms with E-state index in [2.05, 4.69) is 20.5 Å². The van der Waals surface area contributed by atoms with Crippen molar-refractivity contribution in [3.63, 3.8) is 0 Å². The molecule has 0 aliphatic heterocycles. The highest BCUT2D eigenvalue weighted by Gasteiger charge is 2.25. The second kappa shape index (κ2) is 4.54. The van der Waals surface area contributed by atoms with E-state index < -0.39 is 5.78 Å². The minimum absolute atomic E-state index is 0.0453. The lowest BCUT2D eigenvalue weighted by Gasteiger charge is -2.12. The molecule has 0 saturated heterocycles. The third-order valence-corrected chi connectivity index (χ3v) is 2.75. The summed E-state index contributed by atoms with van der Waals surface area (Å²) in [7, 11) is 0. The van der Waals surface area contributed by atoms with Crippen molar-refractivity contribution in [1.82, 2.24) is 15.2 Å². The molecule has 0 saturated carbocycles. The first-order valence-electron chi connectivity index (χ1n) is 5.77. The maximum Gasteiger partial charge on any atom is 0.227 e. The molecule has 3 rings (SSSR count). The van der Waals surface area contributed by atoms with Crippen LogP contribution < -0.4 is 11.1 Å². The van der Waals surface area contributed by atoms with E-state index in [1.807, 2.05) is 0 Å². The van der Waals surface area contributed by atoms with E-state index in [0.29, 0.717) is 11.6 Å². The molecule has 2 aromatic heterocycles. The van der Waals surface area contributed by atoms with Crippen LogP contribution in [-0.4, -0.2) is 26.7 Å². The lowest BCUT2D eigenvalue weighted by molar-refractivity contribution is 0.0979. The Bertz CT molecular complexity index is 740. The van der Waals surface area contributed by atoms with Crippen LogP contribution >= 0.6 is 0 Å². The number of pyridine rings is 1. The van der Waals surface area contributed by atoms with Gasteiger partial charge in [0.2, 0.25) is 5.78 Å². The summed E-state index contributed by atoms with van der Waals surface area (Å²) < 4.78 is 0. The Kier molecular flexibility index (Phi) is 2.72. The highest BCUT2D eigenvalue weighted by Crippen LogP contribution is 2.20. The first kappa shape index (κ1) is 12.0. The molecule has 0 bridgehead atoms. The van der Waals surface area contributed by atoms with Gasteiger partial charge in [0.15, 0.2) is 11.6 Å². The second-order valence-electron chi connectivity index (χ2n) is 4.12. The van der Waals surface area contributed by atoms with E-state index in [1.165, 1.54) is 6.07 Å². The number of anilines is 2. The van der Waals surface area contributed by atoms with Crippen molar-refractivity contribution in [3.05, 3.63) is 53.5 Å². The summed E-state index contributed by atoms with van der Waals surface area (Å²) in [6, 6.07) is 6.54. The molecule has 2 heterocycles. The molecule has 0 amide bonds. The Hall–Kier alpha value is -3.09. The largest absolute Gasteiger partial charge is 0.395 e. The van der Waals surface area contributed by atoms with Gasteiger partial charge in [0, 0.05) is 12.3 Å². The lowest BCUT2D eigenvalue weighted by Crippen LogP contribution is -2.23. The number of carbonyl (C=O) groups excluding carboxylic acids is 2. The number of aromatic nitrogens is 3. The van der Waals surface area contributed by atoms with E-state index in [0.717, 1.165) is 6.08 Å². The zero-order valence-corrected chi connectivity index (χ0v) is 10.2. The molecular weight excluding hydrogens is 258 g/mol. The van der Waals surface area contributed by atoms with E-state index in [9.17, 15) is 9.59 Å². The van der Waals surface area contributed by atoms with Crippen LogP contribution in [0.5, 0.6) is 0 Å². The summed E-state index contributed by atoms with van der Waals surface area (Å²) >= 11 is 0. The number of hydrogen-bond acceptors (Lipinski definition) is 7. The van der Waals surface area contributed by atoms with Gasteiger partial charge in [-0.25, -0.2) is 4.98 Å². The van der Waals surface area contributed by atoms with E-state index in [-0.39, 0.29) is 22.7 Å². The second-order valence-corrected chi connectivity index (χ2v) is 4.12. The van der Waals surface area contributed by atoms with Gasteiger partial charge >= 0.3 is 0 Å². The fourth-order valence-corrected chi connectivity index (χ4v) is 1.82. The first-order valence-corrected chi connectivity index (χ1v) is 5.77. The fourth-order valence-electron chi connectivity index (χ4n) is 1.82. The summed E-state index contributed by atoms with van der Waals surface area (Å²) in [6.45, 7) is 0. The van der Waals surface area contributed by atoms with Gasteiger partial charge in [-0.1, -0.05) is 0 Å². The summed E-state index contributed by atoms with van der Waals surface area (Å²) in [6.07, 6.45) is 2.65. The third kappa shape index (κ3) is 2.01. The molecule has 7 nitrogen and oxygen atoms in total. The van der Waals surface area contributed by atoms with Crippen LogP contribution in [0.4, 0.5) is 11.6 Å². The Labute approximate surface area is 113 Å². The zero-order chi connectivity index (χ0) is 14.1. The number of rotatable bonds is 2. The Balaban J connectivity index is 1.98. The van der Waals surface area contributed by atoms with Crippen LogP contribution in [0.2, 0.25) is 0 Å². The molecule has 0 atom stereocenters. The number of hydrogen-bond donors (Lipinski definition) is 2. The maximum atomic E-state index is 11.9. The smallest absolute Gasteiger partial charge is 0.227 e. The molecule has 0 spiro atoms. The molecule has 0 aromatic carbocycles. The number of fused-ring (bicyclic) bond motifs is 1. The van der Waals surface area contributed by atoms with Crippen LogP contribution in [-0.2, 0) is 0 Å². The van der Waals surface area contributed by atoms with Crippen molar-refractivity contribution in [2.45, 2.75) is 0 Å². The van der Waals surface area contributed by atoms with E-state index in [4.69, 9.17) is 5.73 Å². The monoisotopic (exact) mass is 267 g/mol. The molecule has 0 fully saturated rings. The van der Waals surface area contributed by atoms with Gasteiger partial charge in [-0.05, 0) is 24.3 Å². The first-order chi connectivity index (χ1) is 9.65. The number of ketones is 2. The van der Waals surface area contributed by atoms with Gasteiger partial charge in [0.05, 0.1) is 11.3 Å². The summed E-state index contributed by atoms with van der Waals surface area (Å²) in [5.41, 5.74) is 5.68. The maximum absolute atomic E-state index is 11.9. The minimum Gasteiger partial charge on any atom is -0.395 e. The van der Waals surface area contributed by atoms with Crippen molar-refractivity contribution in [2.24, 2.45) is 5.73 Å². The Morgan fingerprint density at radius 1 is 1.10 bits per heavy atom. The Morgan fingerprint density at radius 3 is 2.70 bits per heavy atom. The topological polar surface area (TPSA) is 111 Å². The molecular formula is C13H9N5O2. The van der Waals surface area contributed by atoms with Crippen molar-refractivity contribution >= 4 is 23.2 Å². The highest BCUT2D eigenvalue weighted by atomic mass is 16.1. The molecule has 20 heavy (non-hydrogen) atoms. The van der Waals surface area contributed by atoms with Gasteiger partial charge in [0.25, 0.3) is 0 Å². The SMILES string of the molecule is NC1=CC(=O)c2ccc(Nc3cccnn3)nc2C1=O. The molecule has 1 aliphatic carbocycles. The summed E-state index contributed by atoms with van der Waals surface area (Å²) in [5, 5.41) is 10.5. The molecule has 1 aliphatic rings. The van der Waals surface area contributed by atoms with Crippen LogP contribution in [0.1, 0.15) is 20.8 Å². The normalized spacial score (nSPS) is 13.7. The predicted molar refractivity (Wildman–Crippen MR) is 70.5 cm³/mol. The summed E-state index contributed by atoms with van der Waals surface area (Å²) in [4.78, 5) is 27.7. The number of nitrogens with one attached hydrogen (secondary N) is 1. The molecule has 7 heteroatoms. The standard InChI is InChI=1S/C13H9N5O2/c14-8-6-9(19)7-3-4-10(17-12(7)13(8)20)16-11-2-1-5-15-18-11/h1-6H,14H2,(H,16,17,18). The molecule has 3 N–H and O–H groups in total. The number of Topliss-reactive ketones (excluding diaryl/α,β-unsaturated/α-hetero) is 1.